The average molecular weight is 564 g/mol. The van der Waals surface area contributed by atoms with Gasteiger partial charge in [0.05, 0.1) is 47.6 Å². The van der Waals surface area contributed by atoms with Crippen LogP contribution >= 0.6 is 38.9 Å². The minimum Gasteiger partial charge on any atom is -0.493 e. The van der Waals surface area contributed by atoms with Crippen LogP contribution in [0.15, 0.2) is 61.9 Å². The zero-order chi connectivity index (χ0) is 24.6. The molecule has 0 saturated carbocycles. The topological polar surface area (TPSA) is 79.1 Å². The number of thiazole rings is 1. The molecule has 4 rings (SSSR count). The Labute approximate surface area is 212 Å². The molecule has 2 heterocycles. The number of fused-ring (bicyclic) bond motifs is 1. The number of carbonyl (C=O) groups is 1. The summed E-state index contributed by atoms with van der Waals surface area (Å²) >= 11 is 10.8. The van der Waals surface area contributed by atoms with Crippen molar-refractivity contribution in [1.82, 2.24) is 4.57 Å². The first-order valence-electron chi connectivity index (χ1n) is 10.1. The van der Waals surface area contributed by atoms with Crippen LogP contribution in [0, 0.1) is 0 Å². The first-order valence-corrected chi connectivity index (χ1v) is 12.1. The first kappa shape index (κ1) is 24.3. The normalized spacial score (nSPS) is 15.6. The van der Waals surface area contributed by atoms with E-state index in [9.17, 15) is 9.59 Å². The lowest BCUT2D eigenvalue weighted by atomic mass is 9.96. The van der Waals surface area contributed by atoms with E-state index >= 15 is 0 Å². The molecule has 1 atom stereocenters. The number of rotatable bonds is 5. The number of halogens is 2. The van der Waals surface area contributed by atoms with Crippen LogP contribution in [0.1, 0.15) is 24.1 Å². The molecule has 0 bridgehead atoms. The molecule has 2 aromatic carbocycles. The van der Waals surface area contributed by atoms with E-state index in [2.05, 4.69) is 20.9 Å². The third-order valence-corrected chi connectivity index (χ3v) is 7.19. The summed E-state index contributed by atoms with van der Waals surface area (Å²) in [5.74, 6) is 0.542. The largest absolute Gasteiger partial charge is 0.493 e. The second-order valence-electron chi connectivity index (χ2n) is 7.36. The number of carbonyl (C=O) groups excluding carboxylic acids is 1. The van der Waals surface area contributed by atoms with Crippen molar-refractivity contribution in [3.05, 3.63) is 88.0 Å². The fourth-order valence-electron chi connectivity index (χ4n) is 3.83. The summed E-state index contributed by atoms with van der Waals surface area (Å²) in [5.41, 5.74) is 1.98. The van der Waals surface area contributed by atoms with Gasteiger partial charge in [-0.25, -0.2) is 9.79 Å². The number of ether oxygens (including phenoxy) is 3. The smallest absolute Gasteiger partial charge is 0.338 e. The van der Waals surface area contributed by atoms with Gasteiger partial charge in [0.2, 0.25) is 0 Å². The van der Waals surface area contributed by atoms with Crippen molar-refractivity contribution in [2.45, 2.75) is 13.0 Å². The Morgan fingerprint density at radius 2 is 1.88 bits per heavy atom. The van der Waals surface area contributed by atoms with E-state index < -0.39 is 12.0 Å². The molecule has 0 aliphatic carbocycles. The number of nitrogens with zero attached hydrogens (tertiary/aromatic N) is 2. The number of aromatic nitrogens is 1. The molecule has 1 aromatic heterocycles. The van der Waals surface area contributed by atoms with Crippen molar-refractivity contribution in [3.63, 3.8) is 0 Å². The zero-order valence-corrected chi connectivity index (χ0v) is 21.9. The van der Waals surface area contributed by atoms with Gasteiger partial charge in [0.25, 0.3) is 5.56 Å². The van der Waals surface area contributed by atoms with E-state index in [0.717, 1.165) is 11.1 Å². The fraction of sp³-hybridized carbons (Fsp3) is 0.208. The summed E-state index contributed by atoms with van der Waals surface area (Å²) in [7, 11) is 4.41. The Morgan fingerprint density at radius 1 is 1.18 bits per heavy atom. The van der Waals surface area contributed by atoms with Crippen molar-refractivity contribution < 1.29 is 19.0 Å². The van der Waals surface area contributed by atoms with Crippen LogP contribution < -0.4 is 24.4 Å². The Bertz CT molecular complexity index is 1490. The van der Waals surface area contributed by atoms with Crippen LogP contribution in [0.2, 0.25) is 5.02 Å². The average Bonchev–Trinajstić information content (AvgIpc) is 3.12. The molecule has 0 saturated heterocycles. The lowest BCUT2D eigenvalue weighted by Gasteiger charge is -2.24. The molecule has 176 valence electrons. The summed E-state index contributed by atoms with van der Waals surface area (Å²) in [6.07, 6.45) is 1.76. The van der Waals surface area contributed by atoms with Gasteiger partial charge >= 0.3 is 5.97 Å². The lowest BCUT2D eigenvalue weighted by Crippen LogP contribution is -2.39. The second kappa shape index (κ2) is 9.77. The number of methoxy groups -OCH3 is 3. The van der Waals surface area contributed by atoms with Crippen LogP contribution in [0.4, 0.5) is 0 Å². The molecule has 1 aliphatic rings. The molecule has 1 aliphatic heterocycles. The highest BCUT2D eigenvalue weighted by Gasteiger charge is 2.33. The molecule has 0 radical (unpaired) electrons. The Morgan fingerprint density at radius 3 is 2.50 bits per heavy atom. The van der Waals surface area contributed by atoms with Gasteiger partial charge in [-0.1, -0.05) is 35.1 Å². The van der Waals surface area contributed by atoms with Crippen molar-refractivity contribution in [3.8, 4) is 11.5 Å². The van der Waals surface area contributed by atoms with Crippen molar-refractivity contribution in [2.75, 3.05) is 21.3 Å². The molecule has 7 nitrogen and oxygen atoms in total. The maximum atomic E-state index is 13.6. The quantitative estimate of drug-likeness (QED) is 0.441. The highest BCUT2D eigenvalue weighted by Crippen LogP contribution is 2.36. The fourth-order valence-corrected chi connectivity index (χ4v) is 5.62. The van der Waals surface area contributed by atoms with Gasteiger partial charge in [-0.15, -0.1) is 0 Å². The zero-order valence-electron chi connectivity index (χ0n) is 18.7. The molecule has 3 aromatic rings. The minimum absolute atomic E-state index is 0.275. The van der Waals surface area contributed by atoms with Crippen LogP contribution in [0.3, 0.4) is 0 Å². The lowest BCUT2D eigenvalue weighted by molar-refractivity contribution is -0.136. The van der Waals surface area contributed by atoms with Gasteiger partial charge in [-0.05, 0) is 64.3 Å². The molecule has 0 fully saturated rings. The minimum atomic E-state index is -0.694. The summed E-state index contributed by atoms with van der Waals surface area (Å²) in [6, 6.07) is 9.94. The molecular formula is C24H20BrClN2O5S. The maximum absolute atomic E-state index is 13.6. The predicted molar refractivity (Wildman–Crippen MR) is 134 cm³/mol. The first-order chi connectivity index (χ1) is 16.3. The van der Waals surface area contributed by atoms with Gasteiger partial charge in [-0.2, -0.15) is 0 Å². The summed E-state index contributed by atoms with van der Waals surface area (Å²) in [5, 5.41) is 0.551. The van der Waals surface area contributed by atoms with E-state index in [4.69, 9.17) is 25.8 Å². The number of allylic oxidation sites excluding steroid dienone is 1. The molecule has 10 heteroatoms. The van der Waals surface area contributed by atoms with E-state index in [1.54, 1.807) is 57.6 Å². The van der Waals surface area contributed by atoms with Gasteiger partial charge in [0.1, 0.15) is 0 Å². The highest BCUT2D eigenvalue weighted by molar-refractivity contribution is 9.10. The van der Waals surface area contributed by atoms with Crippen molar-refractivity contribution in [1.29, 1.82) is 0 Å². The van der Waals surface area contributed by atoms with Gasteiger partial charge in [0, 0.05) is 5.02 Å². The molecule has 0 spiro atoms. The van der Waals surface area contributed by atoms with Gasteiger partial charge in [0.15, 0.2) is 16.3 Å². The van der Waals surface area contributed by atoms with E-state index in [1.165, 1.54) is 23.0 Å². The summed E-state index contributed by atoms with van der Waals surface area (Å²) < 4.78 is 18.5. The number of esters is 1. The SMILES string of the molecule is COC(=O)C1=C(C)N=c2s/c(=C\c3cc(Br)c(OC)c(OC)c3)c(=O)n2[C@H]1c1ccc(Cl)cc1. The van der Waals surface area contributed by atoms with Crippen LogP contribution in [-0.4, -0.2) is 31.9 Å². The highest BCUT2D eigenvalue weighted by atomic mass is 79.9. The van der Waals surface area contributed by atoms with Gasteiger partial charge in [-0.3, -0.25) is 9.36 Å². The Hall–Kier alpha value is -2.88. The maximum Gasteiger partial charge on any atom is 0.338 e. The predicted octanol–water partition coefficient (Wildman–Crippen LogP) is 3.84. The number of benzene rings is 2. The Kier molecular flexibility index (Phi) is 6.97. The van der Waals surface area contributed by atoms with E-state index in [1.807, 2.05) is 6.07 Å². The molecule has 0 N–H and O–H groups in total. The third-order valence-electron chi connectivity index (χ3n) is 5.37. The van der Waals surface area contributed by atoms with Gasteiger partial charge < -0.3 is 14.2 Å². The monoisotopic (exact) mass is 562 g/mol. The van der Waals surface area contributed by atoms with Crippen molar-refractivity contribution >= 4 is 50.9 Å². The molecule has 0 unspecified atom stereocenters. The summed E-state index contributed by atoms with van der Waals surface area (Å²) in [6.45, 7) is 1.73. The van der Waals surface area contributed by atoms with Crippen LogP contribution in [-0.2, 0) is 9.53 Å². The van der Waals surface area contributed by atoms with E-state index in [-0.39, 0.29) is 5.56 Å². The molecular weight excluding hydrogens is 544 g/mol. The van der Waals surface area contributed by atoms with Crippen LogP contribution in [0.5, 0.6) is 11.5 Å². The molecule has 0 amide bonds. The summed E-state index contributed by atoms with van der Waals surface area (Å²) in [4.78, 5) is 31.3. The van der Waals surface area contributed by atoms with Crippen LogP contribution in [0.25, 0.3) is 6.08 Å². The van der Waals surface area contributed by atoms with Crippen molar-refractivity contribution in [2.24, 2.45) is 4.99 Å². The van der Waals surface area contributed by atoms with E-state index in [0.29, 0.717) is 41.6 Å². The number of hydrogen-bond donors (Lipinski definition) is 0. The third kappa shape index (κ3) is 4.31. The standard InChI is InChI=1S/C24H20BrClN2O5S/c1-12-19(23(30)33-4)20(14-5-7-15(26)8-6-14)28-22(29)18(34-24(28)27-12)11-13-9-16(25)21(32-3)17(10-13)31-2/h5-11,20H,1-4H3/b18-11-/t20-/m0/s1. The second-order valence-corrected chi connectivity index (χ2v) is 9.66. The molecule has 34 heavy (non-hydrogen) atoms. The Balaban J connectivity index is 1.95. The number of hydrogen-bond acceptors (Lipinski definition) is 7.